The minimum Gasteiger partial charge on any atom is -0.352 e. The molecule has 1 heterocycles. The number of nitrogens with zero attached hydrogens (tertiary/aromatic N) is 2. The van der Waals surface area contributed by atoms with Gasteiger partial charge < -0.3 is 5.32 Å². The van der Waals surface area contributed by atoms with E-state index < -0.39 is 10.0 Å². The molecule has 1 aliphatic carbocycles. The molecule has 1 N–H and O–H groups in total. The lowest BCUT2D eigenvalue weighted by molar-refractivity contribution is 0.0953. The van der Waals surface area contributed by atoms with Crippen LogP contribution in [0, 0.1) is 0 Å². The van der Waals surface area contributed by atoms with E-state index >= 15 is 0 Å². The van der Waals surface area contributed by atoms with Gasteiger partial charge >= 0.3 is 0 Å². The quantitative estimate of drug-likeness (QED) is 0.658. The molecule has 1 saturated heterocycles. The topological polar surface area (TPSA) is 69.7 Å². The lowest BCUT2D eigenvalue weighted by atomic mass is 9.97. The summed E-state index contributed by atoms with van der Waals surface area (Å²) in [7, 11) is -3.10. The van der Waals surface area contributed by atoms with E-state index in [-0.39, 0.29) is 11.7 Å². The van der Waals surface area contributed by atoms with E-state index in [9.17, 15) is 13.2 Å². The van der Waals surface area contributed by atoms with Crippen LogP contribution in [0.3, 0.4) is 0 Å². The minimum atomic E-state index is -3.10. The van der Waals surface area contributed by atoms with E-state index in [1.54, 1.807) is 11.2 Å². The van der Waals surface area contributed by atoms with Gasteiger partial charge in [0.25, 0.3) is 5.91 Å². The zero-order valence-corrected chi connectivity index (χ0v) is 18.2. The maximum absolute atomic E-state index is 12.5. The Kier molecular flexibility index (Phi) is 7.86. The van der Waals surface area contributed by atoms with Gasteiger partial charge in [-0.2, -0.15) is 4.31 Å². The molecule has 7 heteroatoms. The number of amides is 1. The van der Waals surface area contributed by atoms with E-state index in [0.29, 0.717) is 38.3 Å². The average Bonchev–Trinajstić information content (AvgIpc) is 2.75. The van der Waals surface area contributed by atoms with Gasteiger partial charge in [0.05, 0.1) is 5.75 Å². The summed E-state index contributed by atoms with van der Waals surface area (Å²) in [6.07, 6.45) is 8.15. The Hall–Kier alpha value is -1.70. The molecule has 2 aliphatic rings. The molecule has 1 aliphatic heterocycles. The van der Waals surface area contributed by atoms with E-state index in [1.807, 2.05) is 24.3 Å². The van der Waals surface area contributed by atoms with Gasteiger partial charge in [-0.25, -0.2) is 8.42 Å². The van der Waals surface area contributed by atoms with Crippen LogP contribution in [0.25, 0.3) is 0 Å². The molecular formula is C22H33N3O3S. The third-order valence-electron chi connectivity index (χ3n) is 5.80. The molecule has 0 saturated carbocycles. The van der Waals surface area contributed by atoms with Crippen LogP contribution >= 0.6 is 0 Å². The highest BCUT2D eigenvalue weighted by Gasteiger charge is 2.25. The van der Waals surface area contributed by atoms with Gasteiger partial charge in [-0.05, 0) is 56.7 Å². The summed E-state index contributed by atoms with van der Waals surface area (Å²) < 4.78 is 25.6. The number of rotatable bonds is 8. The summed E-state index contributed by atoms with van der Waals surface area (Å²) in [4.78, 5) is 14.7. The monoisotopic (exact) mass is 419 g/mol. The molecule has 0 unspecified atom stereocenters. The van der Waals surface area contributed by atoms with Gasteiger partial charge in [0.1, 0.15) is 0 Å². The van der Waals surface area contributed by atoms with Crippen molar-refractivity contribution in [1.82, 2.24) is 14.5 Å². The van der Waals surface area contributed by atoms with Crippen molar-refractivity contribution in [1.29, 1.82) is 0 Å². The molecule has 1 amide bonds. The fourth-order valence-electron chi connectivity index (χ4n) is 3.99. The number of allylic oxidation sites excluding steroid dienone is 1. The molecule has 3 rings (SSSR count). The summed E-state index contributed by atoms with van der Waals surface area (Å²) in [6.45, 7) is 5.59. The first-order valence-electron chi connectivity index (χ1n) is 10.7. The molecular weight excluding hydrogens is 386 g/mol. The Balaban J connectivity index is 1.48. The van der Waals surface area contributed by atoms with Gasteiger partial charge in [0, 0.05) is 44.8 Å². The maximum Gasteiger partial charge on any atom is 0.251 e. The van der Waals surface area contributed by atoms with Crippen LogP contribution in [0.15, 0.2) is 35.9 Å². The van der Waals surface area contributed by atoms with Crippen LogP contribution in [0.4, 0.5) is 0 Å². The summed E-state index contributed by atoms with van der Waals surface area (Å²) in [6, 6.07) is 7.75. The SMILES string of the molecule is CCS(=O)(=O)N1CCN(Cc2cccc(C(=O)NCCC3=CCCCC3)c2)CC1. The van der Waals surface area contributed by atoms with Crippen molar-refractivity contribution >= 4 is 15.9 Å². The van der Waals surface area contributed by atoms with Crippen molar-refractivity contribution in [3.63, 3.8) is 0 Å². The normalized spacial score (nSPS) is 19.0. The summed E-state index contributed by atoms with van der Waals surface area (Å²) in [5.74, 6) is 0.128. The van der Waals surface area contributed by atoms with Crippen molar-refractivity contribution < 1.29 is 13.2 Å². The zero-order chi connectivity index (χ0) is 20.7. The first-order chi connectivity index (χ1) is 14.0. The molecule has 29 heavy (non-hydrogen) atoms. The number of carbonyl (C=O) groups excluding carboxylic acids is 1. The first-order valence-corrected chi connectivity index (χ1v) is 12.3. The number of hydrogen-bond acceptors (Lipinski definition) is 4. The van der Waals surface area contributed by atoms with Gasteiger partial charge in [-0.15, -0.1) is 0 Å². The first kappa shape index (κ1) is 22.0. The predicted molar refractivity (Wildman–Crippen MR) is 116 cm³/mol. The van der Waals surface area contributed by atoms with Crippen LogP contribution in [0.5, 0.6) is 0 Å². The number of sulfonamides is 1. The lowest BCUT2D eigenvalue weighted by Crippen LogP contribution is -2.48. The molecule has 0 atom stereocenters. The van der Waals surface area contributed by atoms with Gasteiger partial charge in [0.2, 0.25) is 10.0 Å². The third kappa shape index (κ3) is 6.39. The maximum atomic E-state index is 12.5. The van der Waals surface area contributed by atoms with E-state index in [2.05, 4.69) is 16.3 Å². The highest BCUT2D eigenvalue weighted by Crippen LogP contribution is 2.19. The average molecular weight is 420 g/mol. The van der Waals surface area contributed by atoms with Crippen LogP contribution in [-0.4, -0.2) is 62.0 Å². The number of hydrogen-bond donors (Lipinski definition) is 1. The minimum absolute atomic E-state index is 0.0258. The van der Waals surface area contributed by atoms with Crippen molar-refractivity contribution in [2.24, 2.45) is 0 Å². The van der Waals surface area contributed by atoms with Crippen LogP contribution in [0.1, 0.15) is 54.9 Å². The number of piperazine rings is 1. The van der Waals surface area contributed by atoms with E-state index in [1.165, 1.54) is 24.8 Å². The highest BCUT2D eigenvalue weighted by atomic mass is 32.2. The van der Waals surface area contributed by atoms with Crippen LogP contribution in [0.2, 0.25) is 0 Å². The Morgan fingerprint density at radius 3 is 2.62 bits per heavy atom. The van der Waals surface area contributed by atoms with Gasteiger partial charge in [-0.1, -0.05) is 23.8 Å². The molecule has 1 aromatic carbocycles. The largest absolute Gasteiger partial charge is 0.352 e. The standard InChI is InChI=1S/C22H33N3O3S/c1-2-29(27,28)25-15-13-24(14-16-25)18-20-9-6-10-21(17-20)22(26)23-12-11-19-7-4-3-5-8-19/h6-7,9-10,17H,2-5,8,11-16,18H2,1H3,(H,23,26). The fourth-order valence-corrected chi connectivity index (χ4v) is 5.07. The Morgan fingerprint density at radius 1 is 1.14 bits per heavy atom. The number of benzene rings is 1. The Morgan fingerprint density at radius 2 is 1.93 bits per heavy atom. The third-order valence-corrected chi connectivity index (χ3v) is 7.68. The van der Waals surface area contributed by atoms with Gasteiger partial charge in [-0.3, -0.25) is 9.69 Å². The Labute approximate surface area is 175 Å². The number of nitrogens with one attached hydrogen (secondary N) is 1. The molecule has 0 spiro atoms. The molecule has 0 radical (unpaired) electrons. The molecule has 0 aromatic heterocycles. The van der Waals surface area contributed by atoms with Crippen LogP contribution in [-0.2, 0) is 16.6 Å². The van der Waals surface area contributed by atoms with Gasteiger partial charge in [0.15, 0.2) is 0 Å². The molecule has 1 aromatic rings. The van der Waals surface area contributed by atoms with Crippen LogP contribution < -0.4 is 5.32 Å². The molecule has 6 nitrogen and oxygen atoms in total. The summed E-state index contributed by atoms with van der Waals surface area (Å²) >= 11 is 0. The molecule has 160 valence electrons. The summed E-state index contributed by atoms with van der Waals surface area (Å²) in [5, 5.41) is 3.04. The molecule has 1 fully saturated rings. The summed E-state index contributed by atoms with van der Waals surface area (Å²) in [5.41, 5.74) is 3.24. The predicted octanol–water partition coefficient (Wildman–Crippen LogP) is 2.77. The fraction of sp³-hybridized carbons (Fsp3) is 0.591. The lowest BCUT2D eigenvalue weighted by Gasteiger charge is -2.33. The van der Waals surface area contributed by atoms with Crippen molar-refractivity contribution in [3.8, 4) is 0 Å². The van der Waals surface area contributed by atoms with Crippen molar-refractivity contribution in [3.05, 3.63) is 47.0 Å². The highest BCUT2D eigenvalue weighted by molar-refractivity contribution is 7.89. The molecule has 0 bridgehead atoms. The zero-order valence-electron chi connectivity index (χ0n) is 17.4. The second-order valence-corrected chi connectivity index (χ2v) is 10.1. The van der Waals surface area contributed by atoms with Crippen molar-refractivity contribution in [2.75, 3.05) is 38.5 Å². The van der Waals surface area contributed by atoms with E-state index in [4.69, 9.17) is 0 Å². The van der Waals surface area contributed by atoms with E-state index in [0.717, 1.165) is 24.9 Å². The van der Waals surface area contributed by atoms with Crippen molar-refractivity contribution in [2.45, 2.75) is 45.6 Å². The second-order valence-electron chi connectivity index (χ2n) is 7.89. The number of carbonyl (C=O) groups is 1. The second kappa shape index (κ2) is 10.4. The Bertz CT molecular complexity index is 827. The smallest absolute Gasteiger partial charge is 0.251 e.